The van der Waals surface area contributed by atoms with Crippen molar-refractivity contribution in [2.75, 3.05) is 51.3 Å². The summed E-state index contributed by atoms with van der Waals surface area (Å²) in [6.45, 7) is 13.4. The number of esters is 1. The predicted octanol–water partition coefficient (Wildman–Crippen LogP) is 10.3. The van der Waals surface area contributed by atoms with Crippen LogP contribution in [0.5, 0.6) is 23.0 Å². The molecule has 0 spiro atoms. The number of carbonyl (C=O) groups is 3. The van der Waals surface area contributed by atoms with Crippen molar-refractivity contribution in [3.63, 3.8) is 0 Å². The molecule has 8 rings (SSSR count). The minimum atomic E-state index is -0.516. The Morgan fingerprint density at radius 3 is 2.30 bits per heavy atom. The van der Waals surface area contributed by atoms with Gasteiger partial charge < -0.3 is 38.2 Å². The number of methoxy groups -OCH3 is 3. The number of benzene rings is 4. The number of ether oxygens (including phenoxy) is 6. The van der Waals surface area contributed by atoms with Crippen molar-refractivity contribution in [2.24, 2.45) is 9.98 Å². The second-order valence-electron chi connectivity index (χ2n) is 19.1. The molecule has 1 atom stereocenters. The molecule has 14 heteroatoms. The fraction of sp³-hybridized carbons (Fsp3) is 0.400. The first kappa shape index (κ1) is 48.5. The molecule has 0 saturated carbocycles. The Bertz CT molecular complexity index is 2740. The van der Waals surface area contributed by atoms with E-state index in [0.717, 1.165) is 59.4 Å². The highest BCUT2D eigenvalue weighted by molar-refractivity contribution is 6.11. The number of aliphatic imine (C=N–C) groups is 2. The van der Waals surface area contributed by atoms with E-state index in [2.05, 4.69) is 54.7 Å². The van der Waals surface area contributed by atoms with Crippen LogP contribution in [-0.2, 0) is 33.9 Å². The van der Waals surface area contributed by atoms with Gasteiger partial charge in [-0.2, -0.15) is 0 Å². The summed E-state index contributed by atoms with van der Waals surface area (Å²) in [6.07, 6.45) is 11.0. The van der Waals surface area contributed by atoms with Gasteiger partial charge in [0, 0.05) is 67.6 Å². The first-order chi connectivity index (χ1) is 33.1. The molecule has 0 saturated heterocycles. The van der Waals surface area contributed by atoms with Crippen LogP contribution in [0.3, 0.4) is 0 Å². The van der Waals surface area contributed by atoms with Gasteiger partial charge in [0.2, 0.25) is 0 Å². The topological polar surface area (TPSA) is 141 Å². The van der Waals surface area contributed by atoms with Gasteiger partial charge in [-0.3, -0.25) is 29.3 Å². The molecule has 14 nitrogen and oxygen atoms in total. The Hall–Kier alpha value is -6.93. The molecule has 69 heavy (non-hydrogen) atoms. The van der Waals surface area contributed by atoms with Gasteiger partial charge >= 0.3 is 5.97 Å². The van der Waals surface area contributed by atoms with Crippen molar-refractivity contribution in [3.8, 4) is 23.0 Å². The Morgan fingerprint density at radius 1 is 0.884 bits per heavy atom. The molecule has 1 unspecified atom stereocenters. The van der Waals surface area contributed by atoms with Crippen molar-refractivity contribution < 1.29 is 42.8 Å². The van der Waals surface area contributed by atoms with Crippen molar-refractivity contribution in [1.29, 1.82) is 0 Å². The fourth-order valence-corrected chi connectivity index (χ4v) is 9.37. The Morgan fingerprint density at radius 2 is 1.59 bits per heavy atom. The molecular formula is C55H63N5O9. The maximum absolute atomic E-state index is 14.1. The first-order valence-corrected chi connectivity index (χ1v) is 23.5. The molecular weight excluding hydrogens is 875 g/mol. The predicted molar refractivity (Wildman–Crippen MR) is 269 cm³/mol. The number of nitrogens with zero attached hydrogens (tertiary/aromatic N) is 5. The highest BCUT2D eigenvalue weighted by Gasteiger charge is 2.38. The SMILES string of the molecule is C=Nc1cc(OCc2cc(COc3cc4c(cc3OC)C(=O)N3C5=C(CCC=C5)CC3C=N4)cc(N(C)C(C)(C)CCOC(C)(C)CCC(=O)OC)c2)c(OC)cc1C(=O)N1CCc2ccccc21. The van der Waals surface area contributed by atoms with Gasteiger partial charge in [-0.05, 0) is 138 Å². The quantitative estimate of drug-likeness (QED) is 0.0659. The molecule has 4 aromatic carbocycles. The van der Waals surface area contributed by atoms with Gasteiger partial charge in [0.15, 0.2) is 23.0 Å². The fourth-order valence-electron chi connectivity index (χ4n) is 9.37. The van der Waals surface area contributed by atoms with E-state index >= 15 is 0 Å². The number of hydrogen-bond donors (Lipinski definition) is 0. The summed E-state index contributed by atoms with van der Waals surface area (Å²) in [5.41, 5.74) is 7.69. The van der Waals surface area contributed by atoms with E-state index in [1.807, 2.05) is 62.3 Å². The third kappa shape index (κ3) is 10.4. The van der Waals surface area contributed by atoms with Crippen molar-refractivity contribution >= 4 is 53.5 Å². The highest BCUT2D eigenvalue weighted by atomic mass is 16.5. The molecule has 0 aromatic heterocycles. The number of allylic oxidation sites excluding steroid dienone is 2. The largest absolute Gasteiger partial charge is 0.493 e. The van der Waals surface area contributed by atoms with Crippen LogP contribution in [0.15, 0.2) is 100 Å². The number of amides is 2. The van der Waals surface area contributed by atoms with Crippen LogP contribution in [0, 0.1) is 0 Å². The molecule has 3 aliphatic heterocycles. The van der Waals surface area contributed by atoms with Gasteiger partial charge in [-0.25, -0.2) is 0 Å². The molecule has 1 aliphatic carbocycles. The normalized spacial score (nSPS) is 16.1. The van der Waals surface area contributed by atoms with Gasteiger partial charge in [0.1, 0.15) is 13.2 Å². The van der Waals surface area contributed by atoms with Crippen LogP contribution in [0.25, 0.3) is 0 Å². The standard InChI is InChI=1S/C55H63N5O9/c1-54(2,21-23-69-55(3,4)20-18-51(61)66-9)58(6)39-25-35(33-67-49-30-43(56-5)41(28-47(49)64-7)52(62)59-22-19-37-14-10-12-16-45(37)59)24-36(26-39)34-68-50-31-44-42(29-48(50)65-8)53(63)60-40(32-57-44)27-38-15-11-13-17-46(38)60/h10,12-14,16-17,24-26,28-32,40H,5,11,15,18-23,27,33-34H2,1-4,6-9H3. The summed E-state index contributed by atoms with van der Waals surface area (Å²) in [5.74, 6) is 1.09. The van der Waals surface area contributed by atoms with Crippen LogP contribution >= 0.6 is 0 Å². The van der Waals surface area contributed by atoms with Crippen molar-refractivity contribution in [1.82, 2.24) is 4.90 Å². The third-order valence-corrected chi connectivity index (χ3v) is 13.7. The molecule has 0 fully saturated rings. The van der Waals surface area contributed by atoms with E-state index in [-0.39, 0.29) is 49.0 Å². The number of hydrogen-bond acceptors (Lipinski definition) is 12. The number of para-hydroxylation sites is 1. The Labute approximate surface area is 405 Å². The van der Waals surface area contributed by atoms with E-state index in [0.29, 0.717) is 71.5 Å². The van der Waals surface area contributed by atoms with Gasteiger partial charge in [0.05, 0.1) is 55.5 Å². The molecule has 4 aromatic rings. The lowest BCUT2D eigenvalue weighted by atomic mass is 9.96. The Balaban J connectivity index is 1.05. The number of fused-ring (bicyclic) bond motifs is 4. The van der Waals surface area contributed by atoms with Crippen molar-refractivity contribution in [2.45, 2.75) is 103 Å². The van der Waals surface area contributed by atoms with E-state index < -0.39 is 5.60 Å². The van der Waals surface area contributed by atoms with Crippen LogP contribution < -0.4 is 28.7 Å². The van der Waals surface area contributed by atoms with Gasteiger partial charge in [0.25, 0.3) is 11.8 Å². The van der Waals surface area contributed by atoms with Crippen LogP contribution in [0.1, 0.15) is 104 Å². The number of rotatable bonds is 19. The van der Waals surface area contributed by atoms with E-state index in [1.165, 1.54) is 12.7 Å². The number of anilines is 2. The highest BCUT2D eigenvalue weighted by Crippen LogP contribution is 2.43. The summed E-state index contributed by atoms with van der Waals surface area (Å²) in [4.78, 5) is 54.9. The lowest BCUT2D eigenvalue weighted by molar-refractivity contribution is -0.142. The molecule has 4 aliphatic rings. The second-order valence-corrected chi connectivity index (χ2v) is 19.1. The van der Waals surface area contributed by atoms with E-state index in [9.17, 15) is 14.4 Å². The van der Waals surface area contributed by atoms with Crippen LogP contribution in [0.2, 0.25) is 0 Å². The monoisotopic (exact) mass is 937 g/mol. The Kier molecular flexibility index (Phi) is 14.3. The third-order valence-electron chi connectivity index (χ3n) is 13.7. The van der Waals surface area contributed by atoms with E-state index in [1.54, 1.807) is 43.4 Å². The lowest BCUT2D eigenvalue weighted by Crippen LogP contribution is -2.43. The summed E-state index contributed by atoms with van der Waals surface area (Å²) in [6, 6.07) is 20.8. The number of carbonyl (C=O) groups excluding carboxylic acids is 3. The minimum Gasteiger partial charge on any atom is -0.493 e. The summed E-state index contributed by atoms with van der Waals surface area (Å²) in [5, 5.41) is 0. The average Bonchev–Trinajstić information content (AvgIpc) is 3.93. The second kappa shape index (κ2) is 20.3. The van der Waals surface area contributed by atoms with Gasteiger partial charge in [-0.1, -0.05) is 24.3 Å². The molecule has 362 valence electrons. The zero-order chi connectivity index (χ0) is 49.0. The summed E-state index contributed by atoms with van der Waals surface area (Å²) < 4.78 is 35.9. The zero-order valence-electron chi connectivity index (χ0n) is 41.1. The first-order valence-electron chi connectivity index (χ1n) is 23.5. The lowest BCUT2D eigenvalue weighted by Gasteiger charge is -2.39. The summed E-state index contributed by atoms with van der Waals surface area (Å²) in [7, 11) is 6.55. The average molecular weight is 938 g/mol. The maximum atomic E-state index is 14.1. The molecule has 0 N–H and O–H groups in total. The van der Waals surface area contributed by atoms with Gasteiger partial charge in [-0.15, -0.1) is 0 Å². The smallest absolute Gasteiger partial charge is 0.305 e. The zero-order valence-corrected chi connectivity index (χ0v) is 41.1. The van der Waals surface area contributed by atoms with Crippen molar-refractivity contribution in [3.05, 3.63) is 118 Å². The maximum Gasteiger partial charge on any atom is 0.305 e. The van der Waals surface area contributed by atoms with E-state index in [4.69, 9.17) is 33.4 Å². The van der Waals surface area contributed by atoms with Crippen LogP contribution in [0.4, 0.5) is 22.7 Å². The molecule has 3 heterocycles. The summed E-state index contributed by atoms with van der Waals surface area (Å²) >= 11 is 0. The molecule has 0 radical (unpaired) electrons. The van der Waals surface area contributed by atoms with Crippen LogP contribution in [-0.4, -0.2) is 94.3 Å². The molecule has 2 amide bonds. The minimum absolute atomic E-state index is 0.113. The molecule has 0 bridgehead atoms.